The molecule has 1 fully saturated rings. The van der Waals surface area contributed by atoms with E-state index in [0.717, 1.165) is 11.8 Å². The first-order valence-electron chi connectivity index (χ1n) is 8.42. The highest BCUT2D eigenvalue weighted by Gasteiger charge is 2.24. The van der Waals surface area contributed by atoms with Gasteiger partial charge in [0.25, 0.3) is 0 Å². The molecule has 2 nitrogen and oxygen atoms in total. The average molecular weight is 289 g/mol. The predicted molar refractivity (Wildman–Crippen MR) is 89.4 cm³/mol. The summed E-state index contributed by atoms with van der Waals surface area (Å²) in [6.45, 7) is 9.71. The molecular weight excluding hydrogens is 258 g/mol. The SMILES string of the molecule is CC1CC(C)CC(OCC(N)c2ccc(C(C)C)cc2)C1. The van der Waals surface area contributed by atoms with Gasteiger partial charge in [-0.25, -0.2) is 0 Å². The molecule has 2 rings (SSSR count). The normalized spacial score (nSPS) is 27.8. The molecule has 21 heavy (non-hydrogen) atoms. The van der Waals surface area contributed by atoms with Gasteiger partial charge in [-0.05, 0) is 48.1 Å². The van der Waals surface area contributed by atoms with Gasteiger partial charge in [0.2, 0.25) is 0 Å². The van der Waals surface area contributed by atoms with Crippen molar-refractivity contribution in [3.05, 3.63) is 35.4 Å². The summed E-state index contributed by atoms with van der Waals surface area (Å²) in [5.41, 5.74) is 8.82. The van der Waals surface area contributed by atoms with Gasteiger partial charge in [0, 0.05) is 0 Å². The molecule has 0 spiro atoms. The Morgan fingerprint density at radius 2 is 1.52 bits per heavy atom. The fourth-order valence-corrected chi connectivity index (χ4v) is 3.47. The van der Waals surface area contributed by atoms with Gasteiger partial charge in [0.1, 0.15) is 0 Å². The van der Waals surface area contributed by atoms with Crippen LogP contribution >= 0.6 is 0 Å². The van der Waals surface area contributed by atoms with Gasteiger partial charge in [0.15, 0.2) is 0 Å². The van der Waals surface area contributed by atoms with E-state index >= 15 is 0 Å². The van der Waals surface area contributed by atoms with Gasteiger partial charge >= 0.3 is 0 Å². The first kappa shape index (κ1) is 16.5. The van der Waals surface area contributed by atoms with Crippen LogP contribution in [-0.2, 0) is 4.74 Å². The van der Waals surface area contributed by atoms with E-state index in [1.54, 1.807) is 0 Å². The van der Waals surface area contributed by atoms with Crippen molar-refractivity contribution in [3.63, 3.8) is 0 Å². The van der Waals surface area contributed by atoms with Crippen molar-refractivity contribution in [3.8, 4) is 0 Å². The second kappa shape index (κ2) is 7.42. The summed E-state index contributed by atoms with van der Waals surface area (Å²) < 4.78 is 6.09. The second-order valence-corrected chi connectivity index (χ2v) is 7.30. The van der Waals surface area contributed by atoms with Crippen molar-refractivity contribution in [2.45, 2.75) is 65.0 Å². The van der Waals surface area contributed by atoms with E-state index in [-0.39, 0.29) is 6.04 Å². The van der Waals surface area contributed by atoms with Crippen molar-refractivity contribution < 1.29 is 4.74 Å². The van der Waals surface area contributed by atoms with Crippen LogP contribution in [0.15, 0.2) is 24.3 Å². The summed E-state index contributed by atoms with van der Waals surface area (Å²) in [5.74, 6) is 2.12. The fraction of sp³-hybridized carbons (Fsp3) is 0.684. The molecule has 2 heteroatoms. The molecule has 1 aliphatic rings. The van der Waals surface area contributed by atoms with Crippen LogP contribution < -0.4 is 5.73 Å². The van der Waals surface area contributed by atoms with Crippen LogP contribution in [0.1, 0.15) is 70.0 Å². The van der Waals surface area contributed by atoms with Crippen LogP contribution in [0.3, 0.4) is 0 Å². The van der Waals surface area contributed by atoms with Crippen molar-refractivity contribution in [2.24, 2.45) is 17.6 Å². The van der Waals surface area contributed by atoms with E-state index in [1.165, 1.54) is 30.4 Å². The number of hydrogen-bond acceptors (Lipinski definition) is 2. The van der Waals surface area contributed by atoms with Crippen LogP contribution in [-0.4, -0.2) is 12.7 Å². The van der Waals surface area contributed by atoms with Crippen LogP contribution in [0.2, 0.25) is 0 Å². The molecule has 1 aliphatic carbocycles. The molecule has 0 aromatic heterocycles. The minimum atomic E-state index is -0.0150. The maximum absolute atomic E-state index is 6.28. The van der Waals surface area contributed by atoms with Crippen molar-refractivity contribution >= 4 is 0 Å². The van der Waals surface area contributed by atoms with Crippen molar-refractivity contribution in [2.75, 3.05) is 6.61 Å². The molecular formula is C19H31NO. The molecule has 2 N–H and O–H groups in total. The molecule has 3 unspecified atom stereocenters. The summed E-state index contributed by atoms with van der Waals surface area (Å²) in [7, 11) is 0. The lowest BCUT2D eigenvalue weighted by Crippen LogP contribution is -2.29. The molecule has 1 aromatic carbocycles. The van der Waals surface area contributed by atoms with E-state index < -0.39 is 0 Å². The highest BCUT2D eigenvalue weighted by atomic mass is 16.5. The minimum Gasteiger partial charge on any atom is -0.376 e. The molecule has 0 aliphatic heterocycles. The summed E-state index contributed by atoms with van der Waals surface area (Å²) in [4.78, 5) is 0. The average Bonchev–Trinajstić information content (AvgIpc) is 2.44. The van der Waals surface area contributed by atoms with Gasteiger partial charge in [-0.15, -0.1) is 0 Å². The predicted octanol–water partition coefficient (Wildman–Crippen LogP) is 4.65. The largest absolute Gasteiger partial charge is 0.376 e. The quantitative estimate of drug-likeness (QED) is 0.856. The Bertz CT molecular complexity index is 416. The fourth-order valence-electron chi connectivity index (χ4n) is 3.47. The van der Waals surface area contributed by atoms with Gasteiger partial charge in [-0.2, -0.15) is 0 Å². The van der Waals surface area contributed by atoms with E-state index in [0.29, 0.717) is 18.6 Å². The third kappa shape index (κ3) is 4.82. The number of ether oxygens (including phenoxy) is 1. The van der Waals surface area contributed by atoms with Crippen LogP contribution in [0.5, 0.6) is 0 Å². The number of rotatable bonds is 5. The number of nitrogens with two attached hydrogens (primary N) is 1. The minimum absolute atomic E-state index is 0.0150. The topological polar surface area (TPSA) is 35.2 Å². The Labute approximate surface area is 130 Å². The van der Waals surface area contributed by atoms with Gasteiger partial charge in [-0.3, -0.25) is 0 Å². The molecule has 0 bridgehead atoms. The zero-order valence-electron chi connectivity index (χ0n) is 14.0. The first-order valence-corrected chi connectivity index (χ1v) is 8.42. The Morgan fingerprint density at radius 3 is 2.05 bits per heavy atom. The summed E-state index contributed by atoms with van der Waals surface area (Å²) in [6.07, 6.45) is 4.10. The first-order chi connectivity index (χ1) is 9.95. The maximum atomic E-state index is 6.28. The van der Waals surface area contributed by atoms with Gasteiger partial charge in [-0.1, -0.05) is 52.0 Å². The zero-order valence-corrected chi connectivity index (χ0v) is 14.0. The van der Waals surface area contributed by atoms with Crippen LogP contribution in [0.25, 0.3) is 0 Å². The lowest BCUT2D eigenvalue weighted by molar-refractivity contribution is -0.00527. The Kier molecular flexibility index (Phi) is 5.83. The zero-order chi connectivity index (χ0) is 15.4. The number of hydrogen-bond donors (Lipinski definition) is 1. The molecule has 3 atom stereocenters. The molecule has 0 heterocycles. The molecule has 118 valence electrons. The number of benzene rings is 1. The molecule has 0 amide bonds. The van der Waals surface area contributed by atoms with E-state index in [4.69, 9.17) is 10.5 Å². The van der Waals surface area contributed by atoms with Gasteiger partial charge in [0.05, 0.1) is 18.8 Å². The highest BCUT2D eigenvalue weighted by Crippen LogP contribution is 2.30. The summed E-state index contributed by atoms with van der Waals surface area (Å²) in [5, 5.41) is 0. The summed E-state index contributed by atoms with van der Waals surface area (Å²) >= 11 is 0. The second-order valence-electron chi connectivity index (χ2n) is 7.30. The van der Waals surface area contributed by atoms with Crippen LogP contribution in [0, 0.1) is 11.8 Å². The van der Waals surface area contributed by atoms with E-state index in [1.807, 2.05) is 0 Å². The lowest BCUT2D eigenvalue weighted by atomic mass is 9.82. The van der Waals surface area contributed by atoms with Crippen molar-refractivity contribution in [1.29, 1.82) is 0 Å². The van der Waals surface area contributed by atoms with Gasteiger partial charge < -0.3 is 10.5 Å². The molecule has 0 saturated heterocycles. The van der Waals surface area contributed by atoms with E-state index in [2.05, 4.69) is 52.0 Å². The Balaban J connectivity index is 1.85. The lowest BCUT2D eigenvalue weighted by Gasteiger charge is -2.32. The Hall–Kier alpha value is -0.860. The highest BCUT2D eigenvalue weighted by molar-refractivity contribution is 5.26. The Morgan fingerprint density at radius 1 is 1.00 bits per heavy atom. The van der Waals surface area contributed by atoms with E-state index in [9.17, 15) is 0 Å². The van der Waals surface area contributed by atoms with Crippen molar-refractivity contribution in [1.82, 2.24) is 0 Å². The standard InChI is InChI=1S/C19H31NO/c1-13(2)16-5-7-17(8-6-16)19(20)12-21-18-10-14(3)9-15(4)11-18/h5-8,13-15,18-19H,9-12,20H2,1-4H3. The molecule has 0 radical (unpaired) electrons. The summed E-state index contributed by atoms with van der Waals surface area (Å²) in [6, 6.07) is 8.65. The molecule has 1 saturated carbocycles. The van der Waals surface area contributed by atoms with Crippen LogP contribution in [0.4, 0.5) is 0 Å². The maximum Gasteiger partial charge on any atom is 0.0663 e. The monoisotopic (exact) mass is 289 g/mol. The molecule has 1 aromatic rings. The smallest absolute Gasteiger partial charge is 0.0663 e. The third-order valence-corrected chi connectivity index (χ3v) is 4.68. The third-order valence-electron chi connectivity index (χ3n) is 4.68.